The van der Waals surface area contributed by atoms with Crippen LogP contribution < -0.4 is 5.32 Å². The van der Waals surface area contributed by atoms with Gasteiger partial charge >= 0.3 is 5.97 Å². The Balaban J connectivity index is 2.01. The molecule has 19 heavy (non-hydrogen) atoms. The van der Waals surface area contributed by atoms with Gasteiger partial charge in [-0.25, -0.2) is 9.78 Å². The number of hydrogen-bond acceptors (Lipinski definition) is 4. The van der Waals surface area contributed by atoms with Gasteiger partial charge in [-0.15, -0.1) is 11.3 Å². The molecule has 2 N–H and O–H groups in total. The van der Waals surface area contributed by atoms with E-state index in [4.69, 9.17) is 16.7 Å². The maximum Gasteiger partial charge on any atom is 0.337 e. The van der Waals surface area contributed by atoms with Crippen molar-refractivity contribution in [3.63, 3.8) is 0 Å². The molecule has 0 amide bonds. The normalized spacial score (nSPS) is 10.4. The van der Waals surface area contributed by atoms with Crippen LogP contribution in [-0.2, 0) is 6.42 Å². The number of nitrogens with zero attached hydrogens (tertiary/aromatic N) is 1. The van der Waals surface area contributed by atoms with E-state index in [9.17, 15) is 4.79 Å². The first-order valence-electron chi connectivity index (χ1n) is 5.74. The van der Waals surface area contributed by atoms with E-state index in [1.165, 1.54) is 6.07 Å². The number of rotatable bonds is 5. The Labute approximate surface area is 120 Å². The van der Waals surface area contributed by atoms with Crippen LogP contribution in [0.4, 0.5) is 5.69 Å². The third-order valence-electron chi connectivity index (χ3n) is 2.58. The highest BCUT2D eigenvalue weighted by molar-refractivity contribution is 7.09. The van der Waals surface area contributed by atoms with Gasteiger partial charge in [-0.05, 0) is 25.1 Å². The van der Waals surface area contributed by atoms with Crippen molar-refractivity contribution in [3.8, 4) is 0 Å². The lowest BCUT2D eigenvalue weighted by Crippen LogP contribution is -2.09. The lowest BCUT2D eigenvalue weighted by Gasteiger charge is -2.09. The number of hydrogen-bond donors (Lipinski definition) is 2. The SMILES string of the molecule is Cc1nc(CCNc2ccc(Cl)cc2C(=O)O)cs1. The molecule has 1 aromatic heterocycles. The number of halogens is 1. The van der Waals surface area contributed by atoms with E-state index in [1.54, 1.807) is 23.5 Å². The van der Waals surface area contributed by atoms with Crippen molar-refractivity contribution < 1.29 is 9.90 Å². The molecule has 100 valence electrons. The third-order valence-corrected chi connectivity index (χ3v) is 3.63. The first-order chi connectivity index (χ1) is 9.06. The van der Waals surface area contributed by atoms with Crippen LogP contribution in [0.3, 0.4) is 0 Å². The second-order valence-corrected chi connectivity index (χ2v) is 5.53. The van der Waals surface area contributed by atoms with Gasteiger partial charge in [-0.2, -0.15) is 0 Å². The standard InChI is InChI=1S/C13H13ClN2O2S/c1-8-16-10(7-19-8)4-5-15-12-3-2-9(14)6-11(12)13(17)18/h2-3,6-7,15H,4-5H2,1H3,(H,17,18). The van der Waals surface area contributed by atoms with Gasteiger partial charge in [0.15, 0.2) is 0 Å². The van der Waals surface area contributed by atoms with Crippen LogP contribution in [0.2, 0.25) is 5.02 Å². The molecule has 1 heterocycles. The first-order valence-corrected chi connectivity index (χ1v) is 7.00. The zero-order chi connectivity index (χ0) is 13.8. The van der Waals surface area contributed by atoms with Crippen molar-refractivity contribution >= 4 is 34.6 Å². The largest absolute Gasteiger partial charge is 0.478 e. The number of aromatic nitrogens is 1. The Morgan fingerprint density at radius 3 is 2.95 bits per heavy atom. The maximum atomic E-state index is 11.1. The van der Waals surface area contributed by atoms with Gasteiger partial charge in [0.2, 0.25) is 0 Å². The molecule has 2 aromatic rings. The van der Waals surface area contributed by atoms with E-state index in [0.29, 0.717) is 17.3 Å². The minimum atomic E-state index is -0.991. The zero-order valence-corrected chi connectivity index (χ0v) is 11.9. The molecule has 0 spiro atoms. The van der Waals surface area contributed by atoms with Gasteiger partial charge in [-0.3, -0.25) is 0 Å². The summed E-state index contributed by atoms with van der Waals surface area (Å²) in [6, 6.07) is 4.79. The summed E-state index contributed by atoms with van der Waals surface area (Å²) >= 11 is 7.40. The van der Waals surface area contributed by atoms with E-state index < -0.39 is 5.97 Å². The highest BCUT2D eigenvalue weighted by atomic mass is 35.5. The lowest BCUT2D eigenvalue weighted by atomic mass is 10.1. The molecule has 0 aliphatic carbocycles. The Hall–Kier alpha value is -1.59. The molecular weight excluding hydrogens is 284 g/mol. The van der Waals surface area contributed by atoms with Crippen molar-refractivity contribution in [2.24, 2.45) is 0 Å². The number of benzene rings is 1. The Bertz CT molecular complexity index is 598. The van der Waals surface area contributed by atoms with Crippen molar-refractivity contribution in [1.29, 1.82) is 0 Å². The van der Waals surface area contributed by atoms with E-state index in [1.807, 2.05) is 12.3 Å². The minimum absolute atomic E-state index is 0.182. The molecule has 0 radical (unpaired) electrons. The topological polar surface area (TPSA) is 62.2 Å². The molecule has 0 saturated carbocycles. The Morgan fingerprint density at radius 1 is 1.53 bits per heavy atom. The lowest BCUT2D eigenvalue weighted by molar-refractivity contribution is 0.0698. The number of aryl methyl sites for hydroxylation is 1. The molecular formula is C13H13ClN2O2S. The summed E-state index contributed by atoms with van der Waals surface area (Å²) in [6.07, 6.45) is 0.756. The number of thiazole rings is 1. The van der Waals surface area contributed by atoms with Gasteiger partial charge in [0.25, 0.3) is 0 Å². The number of carboxylic acids is 1. The number of anilines is 1. The van der Waals surface area contributed by atoms with Gasteiger partial charge in [0.1, 0.15) is 0 Å². The van der Waals surface area contributed by atoms with Crippen LogP contribution >= 0.6 is 22.9 Å². The van der Waals surface area contributed by atoms with Crippen LogP contribution in [0.1, 0.15) is 21.1 Å². The van der Waals surface area contributed by atoms with Crippen LogP contribution in [-0.4, -0.2) is 22.6 Å². The van der Waals surface area contributed by atoms with E-state index in [0.717, 1.165) is 17.1 Å². The summed E-state index contributed by atoms with van der Waals surface area (Å²) < 4.78 is 0. The highest BCUT2D eigenvalue weighted by Gasteiger charge is 2.10. The predicted octanol–water partition coefficient (Wildman–Crippen LogP) is 3.46. The number of carboxylic acid groups (broad SMARTS) is 1. The third kappa shape index (κ3) is 3.68. The fourth-order valence-corrected chi connectivity index (χ4v) is 2.52. The van der Waals surface area contributed by atoms with Crippen molar-refractivity contribution in [1.82, 2.24) is 4.98 Å². The quantitative estimate of drug-likeness (QED) is 0.887. The molecule has 0 saturated heterocycles. The van der Waals surface area contributed by atoms with Gasteiger partial charge in [0.05, 0.1) is 16.3 Å². The summed E-state index contributed by atoms with van der Waals surface area (Å²) in [5.41, 5.74) is 1.77. The molecule has 0 atom stereocenters. The average Bonchev–Trinajstić information content (AvgIpc) is 2.77. The van der Waals surface area contributed by atoms with Gasteiger partial charge in [-0.1, -0.05) is 11.6 Å². The molecule has 0 fully saturated rings. The number of carbonyl (C=O) groups is 1. The summed E-state index contributed by atoms with van der Waals surface area (Å²) in [6.45, 7) is 2.59. The molecule has 0 aliphatic rings. The fourth-order valence-electron chi connectivity index (χ4n) is 1.70. The molecule has 1 aromatic carbocycles. The molecule has 0 aliphatic heterocycles. The first kappa shape index (κ1) is 13.8. The molecule has 0 bridgehead atoms. The second-order valence-electron chi connectivity index (χ2n) is 4.03. The smallest absolute Gasteiger partial charge is 0.337 e. The molecule has 0 unspecified atom stereocenters. The molecule has 4 nitrogen and oxygen atoms in total. The van der Waals surface area contributed by atoms with Crippen molar-refractivity contribution in [3.05, 3.63) is 44.9 Å². The van der Waals surface area contributed by atoms with Crippen LogP contribution in [0.15, 0.2) is 23.6 Å². The Morgan fingerprint density at radius 2 is 2.32 bits per heavy atom. The maximum absolute atomic E-state index is 11.1. The van der Waals surface area contributed by atoms with Gasteiger partial charge in [0, 0.05) is 29.1 Å². The van der Waals surface area contributed by atoms with Crippen LogP contribution in [0.25, 0.3) is 0 Å². The minimum Gasteiger partial charge on any atom is -0.478 e. The van der Waals surface area contributed by atoms with E-state index >= 15 is 0 Å². The van der Waals surface area contributed by atoms with E-state index in [2.05, 4.69) is 10.3 Å². The van der Waals surface area contributed by atoms with Gasteiger partial charge < -0.3 is 10.4 Å². The number of nitrogens with one attached hydrogen (secondary N) is 1. The summed E-state index contributed by atoms with van der Waals surface area (Å²) in [4.78, 5) is 15.5. The summed E-state index contributed by atoms with van der Waals surface area (Å²) in [5.74, 6) is -0.991. The zero-order valence-electron chi connectivity index (χ0n) is 10.3. The number of aromatic carboxylic acids is 1. The van der Waals surface area contributed by atoms with E-state index in [-0.39, 0.29) is 5.56 Å². The molecule has 6 heteroatoms. The second kappa shape index (κ2) is 6.04. The molecule has 2 rings (SSSR count). The van der Waals surface area contributed by atoms with Crippen molar-refractivity contribution in [2.75, 3.05) is 11.9 Å². The van der Waals surface area contributed by atoms with Crippen molar-refractivity contribution in [2.45, 2.75) is 13.3 Å². The monoisotopic (exact) mass is 296 g/mol. The summed E-state index contributed by atoms with van der Waals surface area (Å²) in [7, 11) is 0. The fraction of sp³-hybridized carbons (Fsp3) is 0.231. The predicted molar refractivity (Wildman–Crippen MR) is 77.5 cm³/mol. The van der Waals surface area contributed by atoms with Crippen LogP contribution in [0.5, 0.6) is 0 Å². The average molecular weight is 297 g/mol. The Kier molecular flexibility index (Phi) is 4.39. The summed E-state index contributed by atoms with van der Waals surface area (Å²) in [5, 5.41) is 15.7. The highest BCUT2D eigenvalue weighted by Crippen LogP contribution is 2.20. The van der Waals surface area contributed by atoms with Crippen LogP contribution in [0, 0.1) is 6.92 Å².